The zero-order chi connectivity index (χ0) is 25.5. The molecule has 1 N–H and O–H groups in total. The van der Waals surface area contributed by atoms with Crippen LogP contribution in [0.2, 0.25) is 0 Å². The molecule has 1 saturated heterocycles. The number of fused-ring (bicyclic) bond motifs is 2. The van der Waals surface area contributed by atoms with Crippen molar-refractivity contribution in [2.45, 2.75) is 64.3 Å². The Labute approximate surface area is 213 Å². The maximum absolute atomic E-state index is 13.2. The number of ether oxygens (including phenoxy) is 3. The van der Waals surface area contributed by atoms with Crippen molar-refractivity contribution in [3.8, 4) is 5.75 Å². The summed E-state index contributed by atoms with van der Waals surface area (Å²) < 4.78 is 17.0. The first kappa shape index (κ1) is 25.8. The summed E-state index contributed by atoms with van der Waals surface area (Å²) in [6, 6.07) is 17.4. The molecule has 0 saturated carbocycles. The Bertz CT molecular complexity index is 1080. The maximum atomic E-state index is 13.2. The third kappa shape index (κ3) is 5.90. The number of amides is 2. The lowest BCUT2D eigenvalue weighted by atomic mass is 9.88. The third-order valence-electron chi connectivity index (χ3n) is 6.74. The second-order valence-corrected chi connectivity index (χ2v) is 9.52. The topological polar surface area (TPSA) is 77.1 Å². The highest BCUT2D eigenvalue weighted by atomic mass is 16.5. The molecule has 2 heterocycles. The van der Waals surface area contributed by atoms with Gasteiger partial charge >= 0.3 is 12.0 Å². The highest BCUT2D eigenvalue weighted by Gasteiger charge is 2.47. The second kappa shape index (κ2) is 12.1. The number of hydrogen-bond acceptors (Lipinski definition) is 5. The number of urea groups is 1. The van der Waals surface area contributed by atoms with Crippen LogP contribution in [-0.4, -0.2) is 55.3 Å². The van der Waals surface area contributed by atoms with E-state index < -0.39 is 5.97 Å². The van der Waals surface area contributed by atoms with Gasteiger partial charge in [0.05, 0.1) is 24.8 Å². The molecule has 2 amide bonds. The molecular weight excluding hydrogens is 456 g/mol. The van der Waals surface area contributed by atoms with Crippen molar-refractivity contribution in [2.24, 2.45) is 0 Å². The maximum Gasteiger partial charge on any atom is 0.336 e. The molecule has 0 unspecified atom stereocenters. The zero-order valence-electron chi connectivity index (χ0n) is 21.4. The number of methoxy groups -OCH3 is 1. The standard InChI is InChI=1S/C29H36N2O5/c1-20(2)35-17-9-16-30-29(33)31-22-14-15-25(31)27(28(32)34-3)24(18-22)23-12-7-8-13-26(23)36-19-21-10-5-4-6-11-21/h4-8,10-13,20,22,25H,9,14-19H2,1-3H3,(H,30,33)/t22-,25+/m0/s1. The number of carbonyl (C=O) groups excluding carboxylic acids is 2. The van der Waals surface area contributed by atoms with Crippen LogP contribution >= 0.6 is 0 Å². The van der Waals surface area contributed by atoms with Crippen LogP contribution in [0, 0.1) is 0 Å². The van der Waals surface area contributed by atoms with E-state index in [9.17, 15) is 9.59 Å². The summed E-state index contributed by atoms with van der Waals surface area (Å²) in [4.78, 5) is 28.1. The smallest absolute Gasteiger partial charge is 0.336 e. The van der Waals surface area contributed by atoms with Crippen molar-refractivity contribution in [1.82, 2.24) is 10.2 Å². The van der Waals surface area contributed by atoms with E-state index in [0.29, 0.717) is 31.8 Å². The van der Waals surface area contributed by atoms with Crippen molar-refractivity contribution in [3.05, 3.63) is 71.3 Å². The van der Waals surface area contributed by atoms with Crippen LogP contribution in [0.15, 0.2) is 60.2 Å². The number of benzene rings is 2. The van der Waals surface area contributed by atoms with E-state index in [2.05, 4.69) is 5.32 Å². The van der Waals surface area contributed by atoms with E-state index in [1.165, 1.54) is 7.11 Å². The lowest BCUT2D eigenvalue weighted by Crippen LogP contribution is -2.51. The Balaban J connectivity index is 1.56. The van der Waals surface area contributed by atoms with E-state index in [4.69, 9.17) is 14.2 Å². The summed E-state index contributed by atoms with van der Waals surface area (Å²) >= 11 is 0. The largest absolute Gasteiger partial charge is 0.488 e. The van der Waals surface area contributed by atoms with Crippen LogP contribution in [0.25, 0.3) is 5.57 Å². The average molecular weight is 493 g/mol. The predicted octanol–water partition coefficient (Wildman–Crippen LogP) is 4.95. The summed E-state index contributed by atoms with van der Waals surface area (Å²) in [6.07, 6.45) is 3.06. The summed E-state index contributed by atoms with van der Waals surface area (Å²) in [5, 5.41) is 3.02. The molecule has 7 nitrogen and oxygen atoms in total. The lowest BCUT2D eigenvalue weighted by molar-refractivity contribution is -0.136. The number of hydrogen-bond donors (Lipinski definition) is 1. The van der Waals surface area contributed by atoms with Gasteiger partial charge in [-0.05, 0) is 56.7 Å². The summed E-state index contributed by atoms with van der Waals surface area (Å²) in [7, 11) is 1.39. The quantitative estimate of drug-likeness (QED) is 0.375. The molecule has 0 radical (unpaired) electrons. The first-order valence-corrected chi connectivity index (χ1v) is 12.7. The van der Waals surface area contributed by atoms with Gasteiger partial charge < -0.3 is 24.4 Å². The number of para-hydroxylation sites is 1. The monoisotopic (exact) mass is 492 g/mol. The van der Waals surface area contributed by atoms with Gasteiger partial charge in [0.25, 0.3) is 0 Å². The van der Waals surface area contributed by atoms with Crippen LogP contribution in [0.3, 0.4) is 0 Å². The minimum Gasteiger partial charge on any atom is -0.488 e. The van der Waals surface area contributed by atoms with Crippen LogP contribution in [-0.2, 0) is 20.9 Å². The van der Waals surface area contributed by atoms with E-state index >= 15 is 0 Å². The van der Waals surface area contributed by atoms with Gasteiger partial charge in [0.2, 0.25) is 0 Å². The van der Waals surface area contributed by atoms with Gasteiger partial charge in [-0.15, -0.1) is 0 Å². The van der Waals surface area contributed by atoms with Crippen molar-refractivity contribution in [3.63, 3.8) is 0 Å². The zero-order valence-corrected chi connectivity index (χ0v) is 21.4. The fraction of sp³-hybridized carbons (Fsp3) is 0.448. The molecule has 2 bridgehead atoms. The number of nitrogens with zero attached hydrogens (tertiary/aromatic N) is 1. The molecule has 2 aromatic rings. The van der Waals surface area contributed by atoms with E-state index in [-0.39, 0.29) is 24.2 Å². The van der Waals surface area contributed by atoms with Crippen molar-refractivity contribution < 1.29 is 23.8 Å². The molecule has 2 aliphatic heterocycles. The van der Waals surface area contributed by atoms with Gasteiger partial charge in [-0.2, -0.15) is 0 Å². The fourth-order valence-corrected chi connectivity index (χ4v) is 5.10. The van der Waals surface area contributed by atoms with Gasteiger partial charge in [-0.25, -0.2) is 9.59 Å². The molecule has 2 aromatic carbocycles. The number of nitrogens with one attached hydrogen (secondary N) is 1. The van der Waals surface area contributed by atoms with Gasteiger partial charge in [-0.3, -0.25) is 0 Å². The average Bonchev–Trinajstić information content (AvgIpc) is 3.20. The first-order valence-electron chi connectivity index (χ1n) is 12.7. The molecule has 0 aliphatic carbocycles. The van der Waals surface area contributed by atoms with Crippen molar-refractivity contribution in [1.29, 1.82) is 0 Å². The highest BCUT2D eigenvalue weighted by molar-refractivity contribution is 6.01. The molecule has 0 spiro atoms. The molecule has 7 heteroatoms. The number of carbonyl (C=O) groups is 2. The van der Waals surface area contributed by atoms with Crippen LogP contribution < -0.4 is 10.1 Å². The van der Waals surface area contributed by atoms with Crippen LogP contribution in [0.4, 0.5) is 4.79 Å². The summed E-state index contributed by atoms with van der Waals surface area (Å²) in [5.74, 6) is 0.330. The van der Waals surface area contributed by atoms with Gasteiger partial charge in [-0.1, -0.05) is 48.5 Å². The summed E-state index contributed by atoms with van der Waals surface area (Å²) in [6.45, 7) is 5.55. The van der Waals surface area contributed by atoms with Crippen LogP contribution in [0.5, 0.6) is 5.75 Å². The Hall–Kier alpha value is -3.32. The predicted molar refractivity (Wildman–Crippen MR) is 139 cm³/mol. The molecule has 2 atom stereocenters. The minimum atomic E-state index is -0.392. The molecular formula is C29H36N2O5. The number of esters is 1. The van der Waals surface area contributed by atoms with E-state index in [1.54, 1.807) is 0 Å². The van der Waals surface area contributed by atoms with Gasteiger partial charge in [0.15, 0.2) is 0 Å². The summed E-state index contributed by atoms with van der Waals surface area (Å²) in [5.41, 5.74) is 3.42. The lowest BCUT2D eigenvalue weighted by Gasteiger charge is -2.37. The highest BCUT2D eigenvalue weighted by Crippen LogP contribution is 2.45. The Kier molecular flexibility index (Phi) is 8.65. The van der Waals surface area contributed by atoms with Gasteiger partial charge in [0.1, 0.15) is 12.4 Å². The van der Waals surface area contributed by atoms with Crippen molar-refractivity contribution >= 4 is 17.6 Å². The van der Waals surface area contributed by atoms with E-state index in [1.807, 2.05) is 73.3 Å². The molecule has 192 valence electrons. The SMILES string of the molecule is COC(=O)C1=C(c2ccccc2OCc2ccccc2)C[C@@H]2CC[C@H]1N2C(=O)NCCCOC(C)C. The Morgan fingerprint density at radius 1 is 1.06 bits per heavy atom. The first-order chi connectivity index (χ1) is 17.5. The normalized spacial score (nSPS) is 18.9. The molecule has 2 aliphatic rings. The molecule has 0 aromatic heterocycles. The minimum absolute atomic E-state index is 0.0208. The molecule has 1 fully saturated rings. The third-order valence-corrected chi connectivity index (χ3v) is 6.74. The fourth-order valence-electron chi connectivity index (χ4n) is 5.10. The Morgan fingerprint density at radius 3 is 2.56 bits per heavy atom. The number of rotatable bonds is 10. The van der Waals surface area contributed by atoms with E-state index in [0.717, 1.165) is 41.7 Å². The molecule has 4 rings (SSSR count). The Morgan fingerprint density at radius 2 is 1.81 bits per heavy atom. The van der Waals surface area contributed by atoms with Crippen LogP contribution in [0.1, 0.15) is 50.7 Å². The molecule has 36 heavy (non-hydrogen) atoms. The second-order valence-electron chi connectivity index (χ2n) is 9.52. The van der Waals surface area contributed by atoms with Gasteiger partial charge in [0, 0.05) is 24.8 Å². The van der Waals surface area contributed by atoms with Crippen molar-refractivity contribution in [2.75, 3.05) is 20.3 Å².